The van der Waals surface area contributed by atoms with Crippen molar-refractivity contribution in [1.29, 1.82) is 0 Å². The summed E-state index contributed by atoms with van der Waals surface area (Å²) in [4.78, 5) is 25.3. The Morgan fingerprint density at radius 3 is 2.76 bits per heavy atom. The maximum atomic E-state index is 12.1. The number of rotatable bonds is 4. The average Bonchev–Trinajstić information content (AvgIpc) is 2.37. The molecule has 0 aromatic heterocycles. The molecule has 1 aliphatic rings. The van der Waals surface area contributed by atoms with Gasteiger partial charge in [0, 0.05) is 13.0 Å². The van der Waals surface area contributed by atoms with Crippen LogP contribution in [-0.2, 0) is 14.3 Å². The van der Waals surface area contributed by atoms with Crippen molar-refractivity contribution in [3.05, 3.63) is 0 Å². The molecule has 2 unspecified atom stereocenters. The van der Waals surface area contributed by atoms with E-state index in [4.69, 9.17) is 10.5 Å². The Kier molecular flexibility index (Phi) is 5.41. The van der Waals surface area contributed by atoms with E-state index in [0.717, 1.165) is 12.8 Å². The zero-order valence-corrected chi connectivity index (χ0v) is 10.6. The molecule has 0 radical (unpaired) electrons. The monoisotopic (exact) mass is 242 g/mol. The van der Waals surface area contributed by atoms with Crippen LogP contribution in [-0.4, -0.2) is 43.0 Å². The highest BCUT2D eigenvalue weighted by Gasteiger charge is 2.32. The van der Waals surface area contributed by atoms with Crippen LogP contribution < -0.4 is 5.73 Å². The molecule has 0 spiro atoms. The number of hydrogen-bond acceptors (Lipinski definition) is 4. The largest absolute Gasteiger partial charge is 0.467 e. The van der Waals surface area contributed by atoms with Crippen molar-refractivity contribution < 1.29 is 14.3 Å². The van der Waals surface area contributed by atoms with E-state index in [1.807, 2.05) is 6.92 Å². The molecular formula is C12H22N2O3. The van der Waals surface area contributed by atoms with Crippen LogP contribution in [0.4, 0.5) is 0 Å². The second-order valence-electron chi connectivity index (χ2n) is 4.67. The number of ether oxygens (including phenoxy) is 1. The second kappa shape index (κ2) is 6.59. The van der Waals surface area contributed by atoms with Crippen LogP contribution >= 0.6 is 0 Å². The summed E-state index contributed by atoms with van der Waals surface area (Å²) >= 11 is 0. The molecule has 0 saturated carbocycles. The van der Waals surface area contributed by atoms with Gasteiger partial charge in [-0.3, -0.25) is 4.79 Å². The molecule has 1 rings (SSSR count). The normalized spacial score (nSPS) is 22.1. The molecule has 1 amide bonds. The van der Waals surface area contributed by atoms with E-state index < -0.39 is 6.04 Å². The smallest absolute Gasteiger partial charge is 0.328 e. The summed E-state index contributed by atoms with van der Waals surface area (Å²) < 4.78 is 4.74. The summed E-state index contributed by atoms with van der Waals surface area (Å²) in [6.45, 7) is 3.08. The second-order valence-corrected chi connectivity index (χ2v) is 4.67. The molecule has 0 aromatic rings. The van der Waals surface area contributed by atoms with Crippen molar-refractivity contribution in [3.8, 4) is 0 Å². The zero-order chi connectivity index (χ0) is 12.8. The fourth-order valence-corrected chi connectivity index (χ4v) is 2.11. The topological polar surface area (TPSA) is 72.6 Å². The van der Waals surface area contributed by atoms with Crippen LogP contribution in [0, 0.1) is 5.92 Å². The van der Waals surface area contributed by atoms with Crippen molar-refractivity contribution in [3.63, 3.8) is 0 Å². The Bertz CT molecular complexity index is 281. The quantitative estimate of drug-likeness (QED) is 0.730. The molecule has 1 aliphatic heterocycles. The summed E-state index contributed by atoms with van der Waals surface area (Å²) in [5.41, 5.74) is 5.51. The van der Waals surface area contributed by atoms with Gasteiger partial charge < -0.3 is 15.4 Å². The van der Waals surface area contributed by atoms with E-state index in [0.29, 0.717) is 25.9 Å². The number of nitrogens with two attached hydrogens (primary N) is 1. The van der Waals surface area contributed by atoms with Gasteiger partial charge in [-0.1, -0.05) is 6.92 Å². The third-order valence-corrected chi connectivity index (χ3v) is 3.22. The standard InChI is InChI=1S/C12H22N2O3/c1-9(8-13)7-11(15)14-6-4-3-5-10(14)12(16)17-2/h9-10H,3-8,13H2,1-2H3. The number of amides is 1. The van der Waals surface area contributed by atoms with Gasteiger partial charge in [-0.2, -0.15) is 0 Å². The summed E-state index contributed by atoms with van der Waals surface area (Å²) in [5, 5.41) is 0. The number of carbonyl (C=O) groups is 2. The minimum absolute atomic E-state index is 0.0121. The van der Waals surface area contributed by atoms with Gasteiger partial charge in [0.1, 0.15) is 6.04 Å². The Balaban J connectivity index is 2.64. The lowest BCUT2D eigenvalue weighted by molar-refractivity contribution is -0.155. The first kappa shape index (κ1) is 14.0. The van der Waals surface area contributed by atoms with Crippen LogP contribution in [0.1, 0.15) is 32.6 Å². The van der Waals surface area contributed by atoms with Gasteiger partial charge in [-0.15, -0.1) is 0 Å². The molecule has 2 atom stereocenters. The van der Waals surface area contributed by atoms with Gasteiger partial charge in [0.15, 0.2) is 0 Å². The fraction of sp³-hybridized carbons (Fsp3) is 0.833. The molecular weight excluding hydrogens is 220 g/mol. The summed E-state index contributed by atoms with van der Waals surface area (Å²) in [5.74, 6) is -0.140. The highest BCUT2D eigenvalue weighted by atomic mass is 16.5. The first-order valence-corrected chi connectivity index (χ1v) is 6.17. The minimum atomic E-state index is -0.397. The molecule has 5 heteroatoms. The van der Waals surface area contributed by atoms with E-state index in [2.05, 4.69) is 0 Å². The number of hydrogen-bond donors (Lipinski definition) is 1. The highest BCUT2D eigenvalue weighted by Crippen LogP contribution is 2.20. The van der Waals surface area contributed by atoms with Gasteiger partial charge in [0.2, 0.25) is 5.91 Å². The van der Waals surface area contributed by atoms with Gasteiger partial charge in [-0.25, -0.2) is 4.79 Å². The lowest BCUT2D eigenvalue weighted by atomic mass is 10.00. The van der Waals surface area contributed by atoms with E-state index >= 15 is 0 Å². The molecule has 98 valence electrons. The van der Waals surface area contributed by atoms with E-state index in [9.17, 15) is 9.59 Å². The Morgan fingerprint density at radius 1 is 1.47 bits per heavy atom. The Morgan fingerprint density at radius 2 is 2.18 bits per heavy atom. The van der Waals surface area contributed by atoms with E-state index in [1.165, 1.54) is 7.11 Å². The van der Waals surface area contributed by atoms with Crippen LogP contribution in [0.15, 0.2) is 0 Å². The number of esters is 1. The van der Waals surface area contributed by atoms with Gasteiger partial charge in [0.05, 0.1) is 7.11 Å². The van der Waals surface area contributed by atoms with Crippen molar-refractivity contribution in [1.82, 2.24) is 4.90 Å². The van der Waals surface area contributed by atoms with Crippen molar-refractivity contribution in [2.45, 2.75) is 38.6 Å². The number of methoxy groups -OCH3 is 1. The number of carbonyl (C=O) groups excluding carboxylic acids is 2. The van der Waals surface area contributed by atoms with Gasteiger partial charge in [0.25, 0.3) is 0 Å². The van der Waals surface area contributed by atoms with Crippen molar-refractivity contribution in [2.24, 2.45) is 11.7 Å². The first-order valence-electron chi connectivity index (χ1n) is 6.17. The third kappa shape index (κ3) is 3.70. The van der Waals surface area contributed by atoms with Crippen LogP contribution in [0.5, 0.6) is 0 Å². The van der Waals surface area contributed by atoms with Gasteiger partial charge >= 0.3 is 5.97 Å². The number of nitrogens with zero attached hydrogens (tertiary/aromatic N) is 1. The molecule has 1 fully saturated rings. The lowest BCUT2D eigenvalue weighted by Crippen LogP contribution is -2.49. The predicted molar refractivity (Wildman–Crippen MR) is 64.2 cm³/mol. The molecule has 0 aliphatic carbocycles. The molecule has 0 aromatic carbocycles. The molecule has 1 saturated heterocycles. The number of piperidine rings is 1. The molecule has 0 bridgehead atoms. The Labute approximate surface area is 102 Å². The van der Waals surface area contributed by atoms with E-state index in [-0.39, 0.29) is 17.8 Å². The first-order chi connectivity index (χ1) is 8.10. The molecule has 17 heavy (non-hydrogen) atoms. The SMILES string of the molecule is COC(=O)C1CCCCN1C(=O)CC(C)CN. The maximum Gasteiger partial charge on any atom is 0.328 e. The molecule has 1 heterocycles. The predicted octanol–water partition coefficient (Wildman–Crippen LogP) is 0.525. The fourth-order valence-electron chi connectivity index (χ4n) is 2.11. The third-order valence-electron chi connectivity index (χ3n) is 3.22. The summed E-state index contributed by atoms with van der Waals surface area (Å²) in [7, 11) is 1.36. The lowest BCUT2D eigenvalue weighted by Gasteiger charge is -2.34. The summed E-state index contributed by atoms with van der Waals surface area (Å²) in [6.07, 6.45) is 3.03. The number of likely N-dealkylation sites (tertiary alicyclic amines) is 1. The van der Waals surface area contributed by atoms with Crippen molar-refractivity contribution in [2.75, 3.05) is 20.2 Å². The van der Waals surface area contributed by atoms with E-state index in [1.54, 1.807) is 4.90 Å². The van der Waals surface area contributed by atoms with Crippen LogP contribution in [0.2, 0.25) is 0 Å². The van der Waals surface area contributed by atoms with Crippen molar-refractivity contribution >= 4 is 11.9 Å². The van der Waals surface area contributed by atoms with Crippen LogP contribution in [0.3, 0.4) is 0 Å². The average molecular weight is 242 g/mol. The maximum absolute atomic E-state index is 12.1. The van der Waals surface area contributed by atoms with Crippen LogP contribution in [0.25, 0.3) is 0 Å². The Hall–Kier alpha value is -1.10. The zero-order valence-electron chi connectivity index (χ0n) is 10.6. The molecule has 5 nitrogen and oxygen atoms in total. The molecule has 2 N–H and O–H groups in total. The van der Waals surface area contributed by atoms with Gasteiger partial charge in [-0.05, 0) is 31.7 Å². The highest BCUT2D eigenvalue weighted by molar-refractivity contribution is 5.84. The minimum Gasteiger partial charge on any atom is -0.467 e. The summed E-state index contributed by atoms with van der Waals surface area (Å²) in [6, 6.07) is -0.397.